The minimum atomic E-state index is 0.159. The number of benzene rings is 1. The molecule has 15 heavy (non-hydrogen) atoms. The molecule has 0 saturated carbocycles. The van der Waals surface area contributed by atoms with Gasteiger partial charge in [-0.25, -0.2) is 0 Å². The van der Waals surface area contributed by atoms with Gasteiger partial charge in [0.05, 0.1) is 6.61 Å². The van der Waals surface area contributed by atoms with Gasteiger partial charge in [-0.05, 0) is 24.5 Å². The van der Waals surface area contributed by atoms with Crippen molar-refractivity contribution in [1.82, 2.24) is 4.90 Å². The summed E-state index contributed by atoms with van der Waals surface area (Å²) in [7, 11) is 0. The van der Waals surface area contributed by atoms with Crippen molar-refractivity contribution in [3.63, 3.8) is 0 Å². The van der Waals surface area contributed by atoms with Crippen LogP contribution >= 0.6 is 0 Å². The van der Waals surface area contributed by atoms with Crippen molar-refractivity contribution in [3.8, 4) is 0 Å². The second kappa shape index (κ2) is 3.32. The Morgan fingerprint density at radius 3 is 2.80 bits per heavy atom. The van der Waals surface area contributed by atoms with Gasteiger partial charge in [0, 0.05) is 19.6 Å². The first-order valence-corrected chi connectivity index (χ1v) is 5.68. The van der Waals surface area contributed by atoms with Gasteiger partial charge in [0.15, 0.2) is 0 Å². The van der Waals surface area contributed by atoms with E-state index in [1.165, 1.54) is 24.1 Å². The summed E-state index contributed by atoms with van der Waals surface area (Å²) in [6.45, 7) is 6.49. The minimum absolute atomic E-state index is 0.159. The molecule has 2 aliphatic rings. The van der Waals surface area contributed by atoms with Gasteiger partial charge in [-0.1, -0.05) is 24.3 Å². The Labute approximate surface area is 90.8 Å². The maximum atomic E-state index is 5.45. The number of fused-ring (bicyclic) bond motifs is 1. The van der Waals surface area contributed by atoms with Crippen molar-refractivity contribution in [1.29, 1.82) is 0 Å². The number of nitrogens with zero attached hydrogens (tertiary/aromatic N) is 1. The van der Waals surface area contributed by atoms with Crippen LogP contribution < -0.4 is 0 Å². The molecule has 1 atom stereocenters. The monoisotopic (exact) mass is 203 g/mol. The molecule has 0 unspecified atom stereocenters. The molecule has 1 aromatic carbocycles. The van der Waals surface area contributed by atoms with E-state index in [1.807, 2.05) is 0 Å². The van der Waals surface area contributed by atoms with Crippen LogP contribution in [-0.2, 0) is 17.7 Å². The number of rotatable bonds is 2. The molecule has 2 heteroatoms. The fourth-order valence-electron chi connectivity index (χ4n) is 2.38. The molecule has 1 fully saturated rings. The molecule has 0 amide bonds. The molecule has 2 aliphatic heterocycles. The van der Waals surface area contributed by atoms with Crippen LogP contribution in [0.15, 0.2) is 24.3 Å². The first-order valence-electron chi connectivity index (χ1n) is 5.68. The maximum Gasteiger partial charge on any atom is 0.101 e. The first kappa shape index (κ1) is 9.37. The number of hydrogen-bond donors (Lipinski definition) is 0. The Morgan fingerprint density at radius 1 is 1.33 bits per heavy atom. The van der Waals surface area contributed by atoms with Crippen LogP contribution in [0.3, 0.4) is 0 Å². The van der Waals surface area contributed by atoms with Crippen LogP contribution in [0, 0.1) is 0 Å². The average Bonchev–Trinajstić information content (AvgIpc) is 2.96. The summed E-state index contributed by atoms with van der Waals surface area (Å²) in [5, 5.41) is 0. The van der Waals surface area contributed by atoms with E-state index in [1.54, 1.807) is 0 Å². The van der Waals surface area contributed by atoms with Gasteiger partial charge in [-0.15, -0.1) is 0 Å². The third-order valence-corrected chi connectivity index (χ3v) is 3.40. The van der Waals surface area contributed by atoms with E-state index in [4.69, 9.17) is 4.74 Å². The van der Waals surface area contributed by atoms with Crippen molar-refractivity contribution < 1.29 is 4.74 Å². The van der Waals surface area contributed by atoms with Crippen molar-refractivity contribution in [3.05, 3.63) is 35.4 Å². The summed E-state index contributed by atoms with van der Waals surface area (Å²) in [5.74, 6) is 0. The molecule has 0 bridgehead atoms. The zero-order valence-electron chi connectivity index (χ0n) is 9.20. The summed E-state index contributed by atoms with van der Waals surface area (Å²) in [6.07, 6.45) is 1.19. The minimum Gasteiger partial charge on any atom is -0.369 e. The van der Waals surface area contributed by atoms with E-state index in [-0.39, 0.29) is 5.60 Å². The van der Waals surface area contributed by atoms with E-state index in [2.05, 4.69) is 36.1 Å². The van der Waals surface area contributed by atoms with E-state index >= 15 is 0 Å². The molecule has 2 nitrogen and oxygen atoms in total. The predicted octanol–water partition coefficient (Wildman–Crippen LogP) is 1.83. The third-order valence-electron chi connectivity index (χ3n) is 3.40. The molecule has 0 aromatic heterocycles. The van der Waals surface area contributed by atoms with Crippen molar-refractivity contribution in [2.75, 3.05) is 19.7 Å². The molecule has 1 saturated heterocycles. The summed E-state index contributed by atoms with van der Waals surface area (Å²) < 4.78 is 5.45. The molecule has 2 heterocycles. The fraction of sp³-hybridized carbons (Fsp3) is 0.538. The summed E-state index contributed by atoms with van der Waals surface area (Å²) >= 11 is 0. The zero-order chi connectivity index (χ0) is 10.3. The van der Waals surface area contributed by atoms with E-state index in [0.717, 1.165) is 19.7 Å². The van der Waals surface area contributed by atoms with Crippen LogP contribution in [0.5, 0.6) is 0 Å². The van der Waals surface area contributed by atoms with Gasteiger partial charge in [0.1, 0.15) is 5.60 Å². The SMILES string of the molecule is C[C@]1(CN2CCc3ccccc3C2)CO1. The van der Waals surface area contributed by atoms with E-state index < -0.39 is 0 Å². The lowest BCUT2D eigenvalue weighted by Gasteiger charge is -2.29. The van der Waals surface area contributed by atoms with Crippen LogP contribution in [0.2, 0.25) is 0 Å². The summed E-state index contributed by atoms with van der Waals surface area (Å²) in [6, 6.07) is 8.77. The van der Waals surface area contributed by atoms with E-state index in [9.17, 15) is 0 Å². The largest absolute Gasteiger partial charge is 0.369 e. The summed E-state index contributed by atoms with van der Waals surface area (Å²) in [4.78, 5) is 2.51. The van der Waals surface area contributed by atoms with Gasteiger partial charge in [-0.2, -0.15) is 0 Å². The van der Waals surface area contributed by atoms with Gasteiger partial charge in [0.25, 0.3) is 0 Å². The number of epoxide rings is 1. The standard InChI is InChI=1S/C13H17NO/c1-13(10-15-13)9-14-7-6-11-4-2-3-5-12(11)8-14/h2-5H,6-10H2,1H3/t13-/m0/s1. The lowest BCUT2D eigenvalue weighted by Crippen LogP contribution is -2.37. The lowest BCUT2D eigenvalue weighted by molar-refractivity contribution is 0.183. The maximum absolute atomic E-state index is 5.45. The number of ether oxygens (including phenoxy) is 1. The number of hydrogen-bond acceptors (Lipinski definition) is 2. The Hall–Kier alpha value is -0.860. The molecule has 0 aliphatic carbocycles. The van der Waals surface area contributed by atoms with Crippen LogP contribution in [-0.4, -0.2) is 30.2 Å². The average molecular weight is 203 g/mol. The van der Waals surface area contributed by atoms with Crippen molar-refractivity contribution in [2.45, 2.75) is 25.5 Å². The Balaban J connectivity index is 1.72. The van der Waals surface area contributed by atoms with Crippen molar-refractivity contribution >= 4 is 0 Å². The molecule has 80 valence electrons. The lowest BCUT2D eigenvalue weighted by atomic mass is 9.99. The Bertz CT molecular complexity index is 371. The van der Waals surface area contributed by atoms with Gasteiger partial charge in [-0.3, -0.25) is 4.90 Å². The molecule has 3 rings (SSSR count). The van der Waals surface area contributed by atoms with Crippen LogP contribution in [0.1, 0.15) is 18.1 Å². The first-order chi connectivity index (χ1) is 7.25. The highest BCUT2D eigenvalue weighted by Gasteiger charge is 2.41. The molecule has 0 radical (unpaired) electrons. The molecular weight excluding hydrogens is 186 g/mol. The van der Waals surface area contributed by atoms with Crippen LogP contribution in [0.25, 0.3) is 0 Å². The molecule has 0 spiro atoms. The van der Waals surface area contributed by atoms with Crippen molar-refractivity contribution in [2.24, 2.45) is 0 Å². The van der Waals surface area contributed by atoms with Gasteiger partial charge in [0.2, 0.25) is 0 Å². The van der Waals surface area contributed by atoms with Crippen LogP contribution in [0.4, 0.5) is 0 Å². The van der Waals surface area contributed by atoms with Gasteiger partial charge < -0.3 is 4.74 Å². The molecule has 0 N–H and O–H groups in total. The molecular formula is C13H17NO. The zero-order valence-corrected chi connectivity index (χ0v) is 9.20. The normalized spacial score (nSPS) is 29.9. The van der Waals surface area contributed by atoms with Gasteiger partial charge >= 0.3 is 0 Å². The predicted molar refractivity (Wildman–Crippen MR) is 59.8 cm³/mol. The topological polar surface area (TPSA) is 15.8 Å². The Morgan fingerprint density at radius 2 is 2.07 bits per heavy atom. The molecule has 1 aromatic rings. The second-order valence-corrected chi connectivity index (χ2v) is 4.97. The van der Waals surface area contributed by atoms with E-state index in [0.29, 0.717) is 0 Å². The second-order valence-electron chi connectivity index (χ2n) is 4.97. The highest BCUT2D eigenvalue weighted by Crippen LogP contribution is 2.29. The smallest absolute Gasteiger partial charge is 0.101 e. The highest BCUT2D eigenvalue weighted by atomic mass is 16.6. The fourth-order valence-corrected chi connectivity index (χ4v) is 2.38. The Kier molecular flexibility index (Phi) is 2.08. The quantitative estimate of drug-likeness (QED) is 0.682. The highest BCUT2D eigenvalue weighted by molar-refractivity contribution is 5.29. The summed E-state index contributed by atoms with van der Waals surface area (Å²) in [5.41, 5.74) is 3.18. The third kappa shape index (κ3) is 1.92.